The Hall–Kier alpha value is -2.69. The highest BCUT2D eigenvalue weighted by molar-refractivity contribution is 5.80. The summed E-state index contributed by atoms with van der Waals surface area (Å²) >= 11 is 0. The summed E-state index contributed by atoms with van der Waals surface area (Å²) in [6.07, 6.45) is 0.233. The predicted octanol–water partition coefficient (Wildman–Crippen LogP) is 3.47. The summed E-state index contributed by atoms with van der Waals surface area (Å²) in [5.74, 6) is 2.13. The van der Waals surface area contributed by atoms with Crippen LogP contribution in [0.1, 0.15) is 24.1 Å². The van der Waals surface area contributed by atoms with Gasteiger partial charge in [-0.15, -0.1) is 0 Å². The van der Waals surface area contributed by atoms with Crippen LogP contribution in [0.3, 0.4) is 0 Å². The van der Waals surface area contributed by atoms with E-state index in [1.165, 1.54) is 0 Å². The van der Waals surface area contributed by atoms with Crippen molar-refractivity contribution in [2.75, 3.05) is 28.4 Å². The van der Waals surface area contributed by atoms with Gasteiger partial charge in [0.15, 0.2) is 0 Å². The van der Waals surface area contributed by atoms with Crippen LogP contribution in [0, 0.1) is 0 Å². The number of benzene rings is 2. The van der Waals surface area contributed by atoms with Crippen LogP contribution >= 0.6 is 0 Å². The smallest absolute Gasteiger partial charge is 0.227 e. The fourth-order valence-corrected chi connectivity index (χ4v) is 2.74. The number of hydrogen-bond acceptors (Lipinski definition) is 4. The molecule has 0 aliphatic heterocycles. The predicted molar refractivity (Wildman–Crippen MR) is 97.4 cm³/mol. The van der Waals surface area contributed by atoms with E-state index in [1.54, 1.807) is 33.3 Å². The van der Waals surface area contributed by atoms with E-state index in [4.69, 9.17) is 14.2 Å². The molecule has 0 aromatic heterocycles. The quantitative estimate of drug-likeness (QED) is 0.772. The molecule has 0 spiro atoms. The molecule has 2 rings (SSSR count). The Morgan fingerprint density at radius 1 is 1.00 bits per heavy atom. The van der Waals surface area contributed by atoms with Crippen molar-refractivity contribution >= 4 is 5.91 Å². The Bertz CT molecular complexity index is 729. The largest absolute Gasteiger partial charge is 0.497 e. The van der Waals surface area contributed by atoms with Crippen molar-refractivity contribution in [3.63, 3.8) is 0 Å². The van der Waals surface area contributed by atoms with Crippen molar-refractivity contribution in [2.45, 2.75) is 19.4 Å². The van der Waals surface area contributed by atoms with Gasteiger partial charge in [-0.25, -0.2) is 0 Å². The Kier molecular flexibility index (Phi) is 6.28. The van der Waals surface area contributed by atoms with E-state index < -0.39 is 0 Å². The van der Waals surface area contributed by atoms with Gasteiger partial charge in [0, 0.05) is 18.2 Å². The number of likely N-dealkylation sites (N-methyl/N-ethyl adjacent to an activating group) is 1. The second kappa shape index (κ2) is 8.42. The van der Waals surface area contributed by atoms with Crippen LogP contribution in [0.5, 0.6) is 17.2 Å². The molecule has 2 aromatic rings. The van der Waals surface area contributed by atoms with Crippen LogP contribution in [0.25, 0.3) is 0 Å². The van der Waals surface area contributed by atoms with Crippen LogP contribution < -0.4 is 14.2 Å². The number of nitrogens with zero attached hydrogens (tertiary/aromatic N) is 1. The maximum atomic E-state index is 12.8. The third kappa shape index (κ3) is 4.24. The highest BCUT2D eigenvalue weighted by Crippen LogP contribution is 2.30. The maximum absolute atomic E-state index is 12.8. The lowest BCUT2D eigenvalue weighted by atomic mass is 10.0. The van der Waals surface area contributed by atoms with Gasteiger partial charge in [-0.1, -0.05) is 18.2 Å². The molecule has 25 heavy (non-hydrogen) atoms. The van der Waals surface area contributed by atoms with Crippen molar-refractivity contribution in [3.8, 4) is 17.2 Å². The Morgan fingerprint density at radius 3 is 2.32 bits per heavy atom. The van der Waals surface area contributed by atoms with E-state index >= 15 is 0 Å². The van der Waals surface area contributed by atoms with Gasteiger partial charge in [-0.2, -0.15) is 0 Å². The van der Waals surface area contributed by atoms with E-state index in [0.717, 1.165) is 16.9 Å². The van der Waals surface area contributed by atoms with Crippen LogP contribution in [0.2, 0.25) is 0 Å². The molecular weight excluding hydrogens is 318 g/mol. The minimum atomic E-state index is -0.111. The van der Waals surface area contributed by atoms with Crippen molar-refractivity contribution in [2.24, 2.45) is 0 Å². The number of para-hydroxylation sites is 1. The number of carbonyl (C=O) groups is 1. The third-order valence-electron chi connectivity index (χ3n) is 4.39. The standard InChI is InChI=1S/C20H25NO4/c1-14(17-8-6-7-9-19(17)25-5)21(2)20(22)13-15-12-16(23-3)10-11-18(15)24-4/h6-12,14H,13H2,1-5H3/t14-/m0/s1. The molecule has 0 radical (unpaired) electrons. The molecule has 0 aliphatic carbocycles. The maximum Gasteiger partial charge on any atom is 0.227 e. The van der Waals surface area contributed by atoms with Crippen molar-refractivity contribution in [1.82, 2.24) is 4.90 Å². The van der Waals surface area contributed by atoms with E-state index in [2.05, 4.69) is 0 Å². The van der Waals surface area contributed by atoms with Gasteiger partial charge in [-0.3, -0.25) is 4.79 Å². The SMILES string of the molecule is COc1ccc(OC)c(CC(=O)N(C)[C@@H](C)c2ccccc2OC)c1. The zero-order valence-corrected chi connectivity index (χ0v) is 15.4. The number of rotatable bonds is 7. The van der Waals surface area contributed by atoms with Crippen LogP contribution in [0.15, 0.2) is 42.5 Å². The van der Waals surface area contributed by atoms with Crippen molar-refractivity contribution < 1.29 is 19.0 Å². The molecule has 134 valence electrons. The molecule has 1 atom stereocenters. The summed E-state index contributed by atoms with van der Waals surface area (Å²) in [4.78, 5) is 14.5. The molecule has 1 amide bonds. The zero-order chi connectivity index (χ0) is 18.4. The van der Waals surface area contributed by atoms with Gasteiger partial charge in [0.2, 0.25) is 5.91 Å². The minimum Gasteiger partial charge on any atom is -0.497 e. The van der Waals surface area contributed by atoms with Gasteiger partial charge in [0.05, 0.1) is 33.8 Å². The summed E-state index contributed by atoms with van der Waals surface area (Å²) in [6.45, 7) is 1.98. The molecule has 5 heteroatoms. The van der Waals surface area contributed by atoms with E-state index in [0.29, 0.717) is 11.5 Å². The fraction of sp³-hybridized carbons (Fsp3) is 0.350. The molecule has 0 N–H and O–H groups in total. The first-order chi connectivity index (χ1) is 12.0. The highest BCUT2D eigenvalue weighted by atomic mass is 16.5. The Labute approximate surface area is 149 Å². The zero-order valence-electron chi connectivity index (χ0n) is 15.4. The Balaban J connectivity index is 2.20. The average molecular weight is 343 g/mol. The summed E-state index contributed by atoms with van der Waals surface area (Å²) in [7, 11) is 6.63. The van der Waals surface area contributed by atoms with Crippen molar-refractivity contribution in [1.29, 1.82) is 0 Å². The number of ether oxygens (including phenoxy) is 3. The van der Waals surface area contributed by atoms with E-state index in [1.807, 2.05) is 49.4 Å². The molecule has 0 saturated heterocycles. The molecular formula is C20H25NO4. The third-order valence-corrected chi connectivity index (χ3v) is 4.39. The summed E-state index contributed by atoms with van der Waals surface area (Å²) in [5.41, 5.74) is 1.77. The summed E-state index contributed by atoms with van der Waals surface area (Å²) < 4.78 is 16.0. The minimum absolute atomic E-state index is 0.00930. The van der Waals surface area contributed by atoms with Gasteiger partial charge >= 0.3 is 0 Å². The van der Waals surface area contributed by atoms with Gasteiger partial charge in [-0.05, 0) is 31.2 Å². The molecule has 0 heterocycles. The number of carbonyl (C=O) groups excluding carboxylic acids is 1. The number of amides is 1. The van der Waals surface area contributed by atoms with E-state index in [9.17, 15) is 4.79 Å². The first-order valence-electron chi connectivity index (χ1n) is 8.11. The van der Waals surface area contributed by atoms with E-state index in [-0.39, 0.29) is 18.4 Å². The van der Waals surface area contributed by atoms with Crippen LogP contribution in [0.4, 0.5) is 0 Å². The lowest BCUT2D eigenvalue weighted by Gasteiger charge is -2.27. The highest BCUT2D eigenvalue weighted by Gasteiger charge is 2.21. The Morgan fingerprint density at radius 2 is 1.68 bits per heavy atom. The number of methoxy groups -OCH3 is 3. The molecule has 0 bridgehead atoms. The molecule has 5 nitrogen and oxygen atoms in total. The first kappa shape index (κ1) is 18.6. The van der Waals surface area contributed by atoms with Crippen LogP contribution in [-0.4, -0.2) is 39.2 Å². The van der Waals surface area contributed by atoms with Crippen molar-refractivity contribution in [3.05, 3.63) is 53.6 Å². The molecule has 0 saturated carbocycles. The van der Waals surface area contributed by atoms with Gasteiger partial charge in [0.25, 0.3) is 0 Å². The molecule has 0 fully saturated rings. The summed E-state index contributed by atoms with van der Waals surface area (Å²) in [5, 5.41) is 0. The lowest BCUT2D eigenvalue weighted by molar-refractivity contribution is -0.131. The monoisotopic (exact) mass is 343 g/mol. The summed E-state index contributed by atoms with van der Waals surface area (Å²) in [6, 6.07) is 13.1. The lowest BCUT2D eigenvalue weighted by Crippen LogP contribution is -2.31. The second-order valence-electron chi connectivity index (χ2n) is 5.78. The molecule has 2 aromatic carbocycles. The average Bonchev–Trinajstić information content (AvgIpc) is 2.66. The first-order valence-corrected chi connectivity index (χ1v) is 8.11. The second-order valence-corrected chi connectivity index (χ2v) is 5.78. The molecule has 0 unspecified atom stereocenters. The van der Waals surface area contributed by atoms with Gasteiger partial charge < -0.3 is 19.1 Å². The van der Waals surface area contributed by atoms with Gasteiger partial charge in [0.1, 0.15) is 17.2 Å². The number of hydrogen-bond donors (Lipinski definition) is 0. The van der Waals surface area contributed by atoms with Crippen LogP contribution in [-0.2, 0) is 11.2 Å². The topological polar surface area (TPSA) is 48.0 Å². The normalized spacial score (nSPS) is 11.6. The fourth-order valence-electron chi connectivity index (χ4n) is 2.74. The molecule has 0 aliphatic rings.